The van der Waals surface area contributed by atoms with Crippen molar-refractivity contribution < 1.29 is 14.3 Å². The molecule has 0 saturated carbocycles. The summed E-state index contributed by atoms with van der Waals surface area (Å²) in [5.74, 6) is 1.49. The number of anilines is 1. The summed E-state index contributed by atoms with van der Waals surface area (Å²) >= 11 is 0. The maximum absolute atomic E-state index is 12.4. The Kier molecular flexibility index (Phi) is 5.92. The summed E-state index contributed by atoms with van der Waals surface area (Å²) in [4.78, 5) is 14.4. The molecule has 0 spiro atoms. The van der Waals surface area contributed by atoms with Gasteiger partial charge in [0.15, 0.2) is 11.5 Å². The van der Waals surface area contributed by atoms with Crippen molar-refractivity contribution in [3.05, 3.63) is 17.7 Å². The summed E-state index contributed by atoms with van der Waals surface area (Å²) in [5, 5.41) is 0. The second-order valence-electron chi connectivity index (χ2n) is 5.71. The summed E-state index contributed by atoms with van der Waals surface area (Å²) in [7, 11) is 3.19. The number of hydrogen-bond acceptors (Lipinski definition) is 4. The van der Waals surface area contributed by atoms with Crippen LogP contribution in [0.4, 0.5) is 5.69 Å². The van der Waals surface area contributed by atoms with Gasteiger partial charge in [0.1, 0.15) is 0 Å². The van der Waals surface area contributed by atoms with Gasteiger partial charge >= 0.3 is 0 Å². The molecule has 1 aliphatic rings. The molecule has 0 aromatic heterocycles. The molecule has 1 fully saturated rings. The van der Waals surface area contributed by atoms with Crippen molar-refractivity contribution in [1.82, 2.24) is 4.90 Å². The quantitative estimate of drug-likeness (QED) is 0.849. The number of methoxy groups -OCH3 is 2. The van der Waals surface area contributed by atoms with Crippen molar-refractivity contribution in [2.24, 2.45) is 0 Å². The first-order valence-electron chi connectivity index (χ1n) is 7.94. The molecule has 1 amide bonds. The summed E-state index contributed by atoms with van der Waals surface area (Å²) in [6.07, 6.45) is 5.76. The highest BCUT2D eigenvalue weighted by atomic mass is 16.5. The Morgan fingerprint density at radius 3 is 2.41 bits per heavy atom. The molecule has 1 aromatic carbocycles. The third-order valence-electron chi connectivity index (χ3n) is 4.15. The standard InChI is InChI=1S/C17H26N2O3/c1-21-15-12-14(18)11-13(17(15)22-2)7-8-16(20)19-9-5-3-4-6-10-19/h11-12H,3-10,18H2,1-2H3. The van der Waals surface area contributed by atoms with Gasteiger partial charge in [0.25, 0.3) is 0 Å². The van der Waals surface area contributed by atoms with E-state index in [4.69, 9.17) is 15.2 Å². The van der Waals surface area contributed by atoms with Crippen LogP contribution in [0.25, 0.3) is 0 Å². The van der Waals surface area contributed by atoms with Crippen LogP contribution in [0.15, 0.2) is 12.1 Å². The predicted octanol–water partition coefficient (Wildman–Crippen LogP) is 2.62. The number of nitrogens with two attached hydrogens (primary N) is 1. The lowest BCUT2D eigenvalue weighted by Crippen LogP contribution is -2.31. The van der Waals surface area contributed by atoms with Gasteiger partial charge in [-0.05, 0) is 25.3 Å². The first-order chi connectivity index (χ1) is 10.7. The number of nitrogens with zero attached hydrogens (tertiary/aromatic N) is 1. The van der Waals surface area contributed by atoms with Crippen LogP contribution in [-0.2, 0) is 11.2 Å². The van der Waals surface area contributed by atoms with Gasteiger partial charge in [0.05, 0.1) is 14.2 Å². The lowest BCUT2D eigenvalue weighted by atomic mass is 10.1. The highest BCUT2D eigenvalue weighted by Gasteiger charge is 2.17. The maximum atomic E-state index is 12.4. The molecule has 0 aliphatic carbocycles. The number of hydrogen-bond donors (Lipinski definition) is 1. The Hall–Kier alpha value is -1.91. The van der Waals surface area contributed by atoms with Gasteiger partial charge in [-0.2, -0.15) is 0 Å². The molecule has 22 heavy (non-hydrogen) atoms. The van der Waals surface area contributed by atoms with E-state index >= 15 is 0 Å². The molecular formula is C17H26N2O3. The van der Waals surface area contributed by atoms with Gasteiger partial charge in [-0.3, -0.25) is 4.79 Å². The number of likely N-dealkylation sites (tertiary alicyclic amines) is 1. The van der Waals surface area contributed by atoms with E-state index in [9.17, 15) is 4.79 Å². The van der Waals surface area contributed by atoms with E-state index in [1.54, 1.807) is 20.3 Å². The second-order valence-corrected chi connectivity index (χ2v) is 5.71. The monoisotopic (exact) mass is 306 g/mol. The van der Waals surface area contributed by atoms with Gasteiger partial charge in [-0.15, -0.1) is 0 Å². The molecule has 1 aromatic rings. The summed E-state index contributed by atoms with van der Waals surface area (Å²) in [6, 6.07) is 3.59. The first kappa shape index (κ1) is 16.5. The first-order valence-corrected chi connectivity index (χ1v) is 7.94. The van der Waals surface area contributed by atoms with Crippen LogP contribution in [0.1, 0.15) is 37.7 Å². The Morgan fingerprint density at radius 1 is 1.14 bits per heavy atom. The number of aryl methyl sites for hydroxylation is 1. The van der Waals surface area contributed by atoms with Gasteiger partial charge in [0, 0.05) is 36.8 Å². The van der Waals surface area contributed by atoms with Crippen molar-refractivity contribution >= 4 is 11.6 Å². The van der Waals surface area contributed by atoms with Crippen molar-refractivity contribution in [1.29, 1.82) is 0 Å². The van der Waals surface area contributed by atoms with Crippen LogP contribution in [0.5, 0.6) is 11.5 Å². The van der Waals surface area contributed by atoms with E-state index < -0.39 is 0 Å². The van der Waals surface area contributed by atoms with E-state index in [1.807, 2.05) is 11.0 Å². The minimum Gasteiger partial charge on any atom is -0.493 e. The second kappa shape index (κ2) is 7.92. The normalized spacial score (nSPS) is 15.3. The fourth-order valence-corrected chi connectivity index (χ4v) is 2.97. The van der Waals surface area contributed by atoms with E-state index in [0.717, 1.165) is 31.5 Å². The SMILES string of the molecule is COc1cc(N)cc(CCC(=O)N2CCCCCC2)c1OC. The lowest BCUT2D eigenvalue weighted by Gasteiger charge is -2.21. The molecule has 2 rings (SSSR count). The molecular weight excluding hydrogens is 280 g/mol. The largest absolute Gasteiger partial charge is 0.493 e. The highest BCUT2D eigenvalue weighted by molar-refractivity contribution is 5.76. The fourth-order valence-electron chi connectivity index (χ4n) is 2.97. The molecule has 0 atom stereocenters. The summed E-state index contributed by atoms with van der Waals surface area (Å²) in [6.45, 7) is 1.77. The zero-order valence-corrected chi connectivity index (χ0v) is 13.6. The molecule has 1 saturated heterocycles. The number of nitrogen functional groups attached to an aromatic ring is 1. The Bertz CT molecular complexity index is 509. The van der Waals surface area contributed by atoms with Crippen LogP contribution in [0.3, 0.4) is 0 Å². The minimum atomic E-state index is 0.213. The molecule has 0 bridgehead atoms. The van der Waals surface area contributed by atoms with Crippen LogP contribution in [-0.4, -0.2) is 38.1 Å². The number of amides is 1. The minimum absolute atomic E-state index is 0.213. The maximum Gasteiger partial charge on any atom is 0.222 e. The summed E-state index contributed by atoms with van der Waals surface area (Å²) < 4.78 is 10.7. The molecule has 0 radical (unpaired) electrons. The third kappa shape index (κ3) is 4.06. The van der Waals surface area contributed by atoms with Crippen LogP contribution < -0.4 is 15.2 Å². The number of carbonyl (C=O) groups excluding carboxylic acids is 1. The number of ether oxygens (including phenoxy) is 2. The van der Waals surface area contributed by atoms with Crippen molar-refractivity contribution in [2.75, 3.05) is 33.0 Å². The average Bonchev–Trinajstić information content (AvgIpc) is 2.81. The highest BCUT2D eigenvalue weighted by Crippen LogP contribution is 2.34. The van der Waals surface area contributed by atoms with Crippen LogP contribution in [0.2, 0.25) is 0 Å². The van der Waals surface area contributed by atoms with Crippen molar-refractivity contribution in [2.45, 2.75) is 38.5 Å². The van der Waals surface area contributed by atoms with Crippen molar-refractivity contribution in [3.63, 3.8) is 0 Å². The van der Waals surface area contributed by atoms with Crippen LogP contribution in [0, 0.1) is 0 Å². The molecule has 122 valence electrons. The van der Waals surface area contributed by atoms with E-state index in [0.29, 0.717) is 30.0 Å². The molecule has 2 N–H and O–H groups in total. The average molecular weight is 306 g/mol. The Balaban J connectivity index is 2.04. The van der Waals surface area contributed by atoms with Crippen LogP contribution >= 0.6 is 0 Å². The third-order valence-corrected chi connectivity index (χ3v) is 4.15. The zero-order valence-electron chi connectivity index (χ0n) is 13.6. The van der Waals surface area contributed by atoms with E-state index in [2.05, 4.69) is 0 Å². The van der Waals surface area contributed by atoms with E-state index in [-0.39, 0.29) is 5.91 Å². The van der Waals surface area contributed by atoms with Gasteiger partial charge < -0.3 is 20.1 Å². The summed E-state index contributed by atoms with van der Waals surface area (Å²) in [5.41, 5.74) is 7.44. The Labute approximate surface area is 132 Å². The Morgan fingerprint density at radius 2 is 1.82 bits per heavy atom. The molecule has 5 heteroatoms. The fraction of sp³-hybridized carbons (Fsp3) is 0.588. The zero-order chi connectivity index (χ0) is 15.9. The smallest absolute Gasteiger partial charge is 0.222 e. The molecule has 1 aliphatic heterocycles. The van der Waals surface area contributed by atoms with E-state index in [1.165, 1.54) is 12.8 Å². The number of carbonyl (C=O) groups is 1. The van der Waals surface area contributed by atoms with Gasteiger partial charge in [0.2, 0.25) is 5.91 Å². The molecule has 1 heterocycles. The topological polar surface area (TPSA) is 64.8 Å². The molecule has 5 nitrogen and oxygen atoms in total. The lowest BCUT2D eigenvalue weighted by molar-refractivity contribution is -0.131. The van der Waals surface area contributed by atoms with Crippen molar-refractivity contribution in [3.8, 4) is 11.5 Å². The number of benzene rings is 1. The molecule has 0 unspecified atom stereocenters. The van der Waals surface area contributed by atoms with Gasteiger partial charge in [-0.1, -0.05) is 12.8 Å². The van der Waals surface area contributed by atoms with Gasteiger partial charge in [-0.25, -0.2) is 0 Å². The number of rotatable bonds is 5. The predicted molar refractivity (Wildman–Crippen MR) is 87.3 cm³/mol.